The van der Waals surface area contributed by atoms with Crippen LogP contribution >= 0.6 is 0 Å². The molecule has 4 N–H and O–H groups in total. The third kappa shape index (κ3) is 3.82. The number of amides is 1. The molecule has 0 aliphatic heterocycles. The van der Waals surface area contributed by atoms with Gasteiger partial charge in [0, 0.05) is 12.1 Å². The van der Waals surface area contributed by atoms with E-state index >= 15 is 0 Å². The normalized spacial score (nSPS) is 10.1. The van der Waals surface area contributed by atoms with Gasteiger partial charge < -0.3 is 16.2 Å². The summed E-state index contributed by atoms with van der Waals surface area (Å²) in [5.41, 5.74) is 7.74. The zero-order valence-electron chi connectivity index (χ0n) is 11.4. The van der Waals surface area contributed by atoms with Gasteiger partial charge in [-0.3, -0.25) is 4.79 Å². The molecule has 0 aromatic heterocycles. The molecular weight excluding hydrogens is 268 g/mol. The summed E-state index contributed by atoms with van der Waals surface area (Å²) < 4.78 is 0. The number of carbonyl (C=O) groups is 2. The van der Waals surface area contributed by atoms with E-state index in [1.807, 2.05) is 18.2 Å². The molecule has 0 spiro atoms. The van der Waals surface area contributed by atoms with Crippen molar-refractivity contribution in [3.63, 3.8) is 0 Å². The molecular formula is C16H16N2O3. The first kappa shape index (κ1) is 14.6. The van der Waals surface area contributed by atoms with Crippen LogP contribution in [0.3, 0.4) is 0 Å². The van der Waals surface area contributed by atoms with E-state index in [0.717, 1.165) is 5.56 Å². The van der Waals surface area contributed by atoms with Gasteiger partial charge in [0.2, 0.25) is 5.91 Å². The number of nitrogens with one attached hydrogen (secondary N) is 1. The van der Waals surface area contributed by atoms with Crippen molar-refractivity contribution in [3.8, 4) is 0 Å². The van der Waals surface area contributed by atoms with Gasteiger partial charge >= 0.3 is 5.97 Å². The lowest BCUT2D eigenvalue weighted by Gasteiger charge is -2.09. The van der Waals surface area contributed by atoms with Crippen LogP contribution in [0.25, 0.3) is 0 Å². The van der Waals surface area contributed by atoms with E-state index in [1.54, 1.807) is 24.3 Å². The molecule has 2 rings (SSSR count). The van der Waals surface area contributed by atoms with E-state index in [1.165, 1.54) is 6.07 Å². The maximum absolute atomic E-state index is 11.9. The van der Waals surface area contributed by atoms with Gasteiger partial charge in [-0.15, -0.1) is 0 Å². The zero-order chi connectivity index (χ0) is 15.2. The maximum atomic E-state index is 11.9. The number of aryl methyl sites for hydroxylation is 1. The van der Waals surface area contributed by atoms with Gasteiger partial charge in [0.25, 0.3) is 0 Å². The Morgan fingerprint density at radius 3 is 2.43 bits per heavy atom. The molecule has 5 heteroatoms. The van der Waals surface area contributed by atoms with E-state index < -0.39 is 5.97 Å². The lowest BCUT2D eigenvalue weighted by Crippen LogP contribution is -2.15. The van der Waals surface area contributed by atoms with Gasteiger partial charge in [0.05, 0.1) is 11.3 Å². The van der Waals surface area contributed by atoms with Gasteiger partial charge in [0.1, 0.15) is 0 Å². The number of carboxylic acid groups (broad SMARTS) is 1. The second-order valence-corrected chi connectivity index (χ2v) is 4.60. The quantitative estimate of drug-likeness (QED) is 0.736. The van der Waals surface area contributed by atoms with E-state index in [2.05, 4.69) is 5.32 Å². The van der Waals surface area contributed by atoms with Crippen LogP contribution in [0.2, 0.25) is 0 Å². The Hall–Kier alpha value is -2.82. The van der Waals surface area contributed by atoms with E-state index in [9.17, 15) is 9.59 Å². The SMILES string of the molecule is Nc1ccccc1CCC(=O)Nc1ccccc1C(=O)O. The first-order valence-corrected chi connectivity index (χ1v) is 6.53. The fraction of sp³-hybridized carbons (Fsp3) is 0.125. The summed E-state index contributed by atoms with van der Waals surface area (Å²) in [6.07, 6.45) is 0.746. The molecule has 0 radical (unpaired) electrons. The van der Waals surface area contributed by atoms with Crippen molar-refractivity contribution in [2.24, 2.45) is 0 Å². The summed E-state index contributed by atoms with van der Waals surface area (Å²) in [7, 11) is 0. The van der Waals surface area contributed by atoms with Gasteiger partial charge in [-0.1, -0.05) is 30.3 Å². The molecule has 2 aromatic rings. The van der Waals surface area contributed by atoms with Gasteiger partial charge in [-0.25, -0.2) is 4.79 Å². The second kappa shape index (κ2) is 6.56. The van der Waals surface area contributed by atoms with Crippen molar-refractivity contribution in [3.05, 3.63) is 59.7 Å². The minimum atomic E-state index is -1.07. The third-order valence-corrected chi connectivity index (χ3v) is 3.11. The Morgan fingerprint density at radius 2 is 1.71 bits per heavy atom. The molecule has 2 aromatic carbocycles. The van der Waals surface area contributed by atoms with Gasteiger partial charge in [-0.05, 0) is 30.2 Å². The zero-order valence-corrected chi connectivity index (χ0v) is 11.4. The molecule has 0 aliphatic carbocycles. The first-order valence-electron chi connectivity index (χ1n) is 6.53. The summed E-state index contributed by atoms with van der Waals surface area (Å²) >= 11 is 0. The molecule has 21 heavy (non-hydrogen) atoms. The largest absolute Gasteiger partial charge is 0.478 e. The fourth-order valence-corrected chi connectivity index (χ4v) is 2.00. The van der Waals surface area contributed by atoms with E-state index in [-0.39, 0.29) is 17.9 Å². The molecule has 0 saturated carbocycles. The number of nitrogens with two attached hydrogens (primary N) is 1. The van der Waals surface area contributed by atoms with Gasteiger partial charge in [-0.2, -0.15) is 0 Å². The molecule has 0 atom stereocenters. The van der Waals surface area contributed by atoms with Crippen molar-refractivity contribution in [2.45, 2.75) is 12.8 Å². The van der Waals surface area contributed by atoms with Crippen LogP contribution < -0.4 is 11.1 Å². The first-order chi connectivity index (χ1) is 10.1. The molecule has 0 saturated heterocycles. The van der Waals surface area contributed by atoms with E-state index in [4.69, 9.17) is 10.8 Å². The molecule has 0 heterocycles. The molecule has 1 amide bonds. The monoisotopic (exact) mass is 284 g/mol. The van der Waals surface area contributed by atoms with Crippen LogP contribution in [-0.4, -0.2) is 17.0 Å². The summed E-state index contributed by atoms with van der Waals surface area (Å²) in [6.45, 7) is 0. The highest BCUT2D eigenvalue weighted by Crippen LogP contribution is 2.16. The number of aromatic carboxylic acids is 1. The van der Waals surface area contributed by atoms with E-state index in [0.29, 0.717) is 17.8 Å². The lowest BCUT2D eigenvalue weighted by atomic mass is 10.1. The Balaban J connectivity index is 2.00. The molecule has 0 bridgehead atoms. The third-order valence-electron chi connectivity index (χ3n) is 3.11. The minimum Gasteiger partial charge on any atom is -0.478 e. The smallest absolute Gasteiger partial charge is 0.337 e. The summed E-state index contributed by atoms with van der Waals surface area (Å²) in [4.78, 5) is 23.0. The Bertz CT molecular complexity index is 668. The van der Waals surface area contributed by atoms with Crippen LogP contribution in [0, 0.1) is 0 Å². The molecule has 108 valence electrons. The Kier molecular flexibility index (Phi) is 4.56. The van der Waals surface area contributed by atoms with Crippen LogP contribution in [0.5, 0.6) is 0 Å². The average molecular weight is 284 g/mol. The van der Waals surface area contributed by atoms with Crippen molar-refractivity contribution in [1.82, 2.24) is 0 Å². The van der Waals surface area contributed by atoms with Crippen LogP contribution in [0.4, 0.5) is 11.4 Å². The highest BCUT2D eigenvalue weighted by Gasteiger charge is 2.11. The lowest BCUT2D eigenvalue weighted by molar-refractivity contribution is -0.116. The number of para-hydroxylation sites is 2. The van der Waals surface area contributed by atoms with Crippen LogP contribution in [-0.2, 0) is 11.2 Å². The van der Waals surface area contributed by atoms with Crippen molar-refractivity contribution >= 4 is 23.3 Å². The number of benzene rings is 2. The number of nitrogen functional groups attached to an aromatic ring is 1. The number of carbonyl (C=O) groups excluding carboxylic acids is 1. The summed E-state index contributed by atoms with van der Waals surface area (Å²) in [5, 5.41) is 11.7. The van der Waals surface area contributed by atoms with Crippen molar-refractivity contribution < 1.29 is 14.7 Å². The molecule has 0 fully saturated rings. The number of rotatable bonds is 5. The van der Waals surface area contributed by atoms with Crippen LogP contribution in [0.15, 0.2) is 48.5 Å². The predicted octanol–water partition coefficient (Wildman–Crippen LogP) is 2.54. The second-order valence-electron chi connectivity index (χ2n) is 4.60. The topological polar surface area (TPSA) is 92.4 Å². The Morgan fingerprint density at radius 1 is 1.05 bits per heavy atom. The minimum absolute atomic E-state index is 0.0741. The Labute approximate surface area is 122 Å². The van der Waals surface area contributed by atoms with Crippen molar-refractivity contribution in [2.75, 3.05) is 11.1 Å². The highest BCUT2D eigenvalue weighted by atomic mass is 16.4. The predicted molar refractivity (Wildman–Crippen MR) is 81.2 cm³/mol. The maximum Gasteiger partial charge on any atom is 0.337 e. The fourth-order valence-electron chi connectivity index (χ4n) is 2.00. The molecule has 5 nitrogen and oxygen atoms in total. The molecule has 0 aliphatic rings. The van der Waals surface area contributed by atoms with Crippen LogP contribution in [0.1, 0.15) is 22.3 Å². The number of carboxylic acids is 1. The highest BCUT2D eigenvalue weighted by molar-refractivity contribution is 6.00. The molecule has 0 unspecified atom stereocenters. The number of hydrogen-bond acceptors (Lipinski definition) is 3. The average Bonchev–Trinajstić information content (AvgIpc) is 2.47. The summed E-state index contributed by atoms with van der Waals surface area (Å²) in [5.74, 6) is -1.31. The standard InChI is InChI=1S/C16H16N2O3/c17-13-7-3-1-5-11(13)9-10-15(19)18-14-8-4-2-6-12(14)16(20)21/h1-8H,9-10,17H2,(H,18,19)(H,20,21). The van der Waals surface area contributed by atoms with Gasteiger partial charge in [0.15, 0.2) is 0 Å². The van der Waals surface area contributed by atoms with Crippen molar-refractivity contribution in [1.29, 1.82) is 0 Å². The number of hydrogen-bond donors (Lipinski definition) is 3. The summed E-state index contributed by atoms with van der Waals surface area (Å²) in [6, 6.07) is 13.7. The number of anilines is 2.